The van der Waals surface area contributed by atoms with E-state index in [-0.39, 0.29) is 11.5 Å². The van der Waals surface area contributed by atoms with Gasteiger partial charge in [-0.05, 0) is 19.4 Å². The van der Waals surface area contributed by atoms with E-state index >= 15 is 0 Å². The van der Waals surface area contributed by atoms with E-state index in [4.69, 9.17) is 26.8 Å². The molecule has 0 aliphatic heterocycles. The molecular formula is C16H30N4O8S2. The van der Waals surface area contributed by atoms with Crippen LogP contribution in [0.5, 0.6) is 0 Å². The van der Waals surface area contributed by atoms with Crippen molar-refractivity contribution >= 4 is 51.3 Å². The lowest BCUT2D eigenvalue weighted by atomic mass is 10.1. The molecule has 3 atom stereocenters. The van der Waals surface area contributed by atoms with Crippen LogP contribution in [0.4, 0.5) is 0 Å². The summed E-state index contributed by atoms with van der Waals surface area (Å²) in [5, 5.41) is 30.6. The highest BCUT2D eigenvalue weighted by Gasteiger charge is 2.21. The third-order valence-electron chi connectivity index (χ3n) is 3.19. The van der Waals surface area contributed by atoms with Crippen LogP contribution in [0.3, 0.4) is 0 Å². The molecule has 30 heavy (non-hydrogen) atoms. The topological polar surface area (TPSA) is 222 Å². The minimum Gasteiger partial charge on any atom is -0.480 e. The van der Waals surface area contributed by atoms with Gasteiger partial charge < -0.3 is 37.4 Å². The molecule has 2 amide bonds. The predicted molar refractivity (Wildman–Crippen MR) is 114 cm³/mol. The Hall–Kier alpha value is -2.03. The van der Waals surface area contributed by atoms with Gasteiger partial charge in [0, 0.05) is 25.4 Å². The van der Waals surface area contributed by atoms with Crippen molar-refractivity contribution in [1.29, 1.82) is 0 Å². The summed E-state index contributed by atoms with van der Waals surface area (Å²) < 4.78 is 0. The number of carboxylic acids is 3. The van der Waals surface area contributed by atoms with Gasteiger partial charge in [-0.25, -0.2) is 9.59 Å². The van der Waals surface area contributed by atoms with Gasteiger partial charge in [0.15, 0.2) is 0 Å². The Morgan fingerprint density at radius 1 is 0.800 bits per heavy atom. The third kappa shape index (κ3) is 18.0. The fraction of sp³-hybridized carbons (Fsp3) is 0.688. The van der Waals surface area contributed by atoms with Crippen molar-refractivity contribution in [2.24, 2.45) is 11.5 Å². The summed E-state index contributed by atoms with van der Waals surface area (Å²) >= 11 is 0. The van der Waals surface area contributed by atoms with Gasteiger partial charge in [-0.2, -0.15) is 0 Å². The van der Waals surface area contributed by atoms with E-state index in [9.17, 15) is 24.0 Å². The maximum absolute atomic E-state index is 10.8. The standard InChI is InChI=1S/C10H16N2O6S2.C6H14N2O2/c1-5(13)11-7(9(15)16)3-19-20-4-8(10(17)18)12-6(2)14;7-4-2-1-3-5(8)6(9)10/h7-8H,3-4H2,1-2H3,(H,11,13)(H,12,14)(H,15,16)(H,17,18);5H,1-4,7-8H2,(H,9,10)/t7-,8?;5-/m00/s1. The number of unbranched alkanes of at least 4 members (excludes halogenated alkanes) is 1. The van der Waals surface area contributed by atoms with Gasteiger partial charge >= 0.3 is 17.9 Å². The van der Waals surface area contributed by atoms with Gasteiger partial charge in [0.05, 0.1) is 0 Å². The molecule has 14 heteroatoms. The monoisotopic (exact) mass is 470 g/mol. The third-order valence-corrected chi connectivity index (χ3v) is 5.61. The van der Waals surface area contributed by atoms with E-state index in [2.05, 4.69) is 10.6 Å². The van der Waals surface area contributed by atoms with Gasteiger partial charge in [-0.15, -0.1) is 0 Å². The molecule has 0 spiro atoms. The van der Waals surface area contributed by atoms with Crippen molar-refractivity contribution in [1.82, 2.24) is 10.6 Å². The minimum atomic E-state index is -1.16. The molecule has 12 nitrogen and oxygen atoms in total. The van der Waals surface area contributed by atoms with Crippen molar-refractivity contribution in [3.05, 3.63) is 0 Å². The Labute approximate surface area is 182 Å². The second kappa shape index (κ2) is 17.8. The molecular weight excluding hydrogens is 440 g/mol. The van der Waals surface area contributed by atoms with Crippen LogP contribution in [-0.4, -0.2) is 81.2 Å². The second-order valence-electron chi connectivity index (χ2n) is 5.98. The van der Waals surface area contributed by atoms with Crippen LogP contribution in [0.15, 0.2) is 0 Å². The largest absolute Gasteiger partial charge is 0.480 e. The van der Waals surface area contributed by atoms with E-state index in [0.29, 0.717) is 13.0 Å². The van der Waals surface area contributed by atoms with Crippen LogP contribution in [0, 0.1) is 0 Å². The molecule has 0 rings (SSSR count). The Kier molecular flexibility index (Phi) is 17.9. The number of hydrogen-bond donors (Lipinski definition) is 7. The lowest BCUT2D eigenvalue weighted by molar-refractivity contribution is -0.141. The molecule has 0 bridgehead atoms. The van der Waals surface area contributed by atoms with Gasteiger partial charge in [0.1, 0.15) is 18.1 Å². The van der Waals surface area contributed by atoms with E-state index in [0.717, 1.165) is 34.4 Å². The summed E-state index contributed by atoms with van der Waals surface area (Å²) in [5.74, 6) is -3.99. The summed E-state index contributed by atoms with van der Waals surface area (Å²) in [6.07, 6.45) is 2.16. The molecule has 0 fully saturated rings. The molecule has 1 unspecified atom stereocenters. The van der Waals surface area contributed by atoms with E-state index < -0.39 is 47.8 Å². The fourth-order valence-electron chi connectivity index (χ4n) is 1.70. The summed E-state index contributed by atoms with van der Waals surface area (Å²) in [5.41, 5.74) is 10.4. The minimum absolute atomic E-state index is 0.0893. The highest BCUT2D eigenvalue weighted by atomic mass is 33.1. The normalized spacial score (nSPS) is 13.1. The Balaban J connectivity index is 0. The predicted octanol–water partition coefficient (Wildman–Crippen LogP) is -0.926. The zero-order valence-corrected chi connectivity index (χ0v) is 18.5. The number of rotatable bonds is 14. The van der Waals surface area contributed by atoms with Gasteiger partial charge in [-0.1, -0.05) is 28.0 Å². The highest BCUT2D eigenvalue weighted by Crippen LogP contribution is 2.23. The quantitative estimate of drug-likeness (QED) is 0.121. The number of amides is 2. The molecule has 0 aliphatic rings. The van der Waals surface area contributed by atoms with Crippen molar-refractivity contribution in [3.63, 3.8) is 0 Å². The summed E-state index contributed by atoms with van der Waals surface area (Å²) in [4.78, 5) is 53.4. The first-order valence-electron chi connectivity index (χ1n) is 8.85. The number of aliphatic carboxylic acids is 3. The molecule has 9 N–H and O–H groups in total. The zero-order valence-electron chi connectivity index (χ0n) is 16.8. The van der Waals surface area contributed by atoms with Gasteiger partial charge in [0.2, 0.25) is 11.8 Å². The molecule has 0 radical (unpaired) electrons. The molecule has 0 aromatic carbocycles. The van der Waals surface area contributed by atoms with Gasteiger partial charge in [-0.3, -0.25) is 14.4 Å². The van der Waals surface area contributed by atoms with Crippen molar-refractivity contribution in [2.45, 2.75) is 51.2 Å². The maximum Gasteiger partial charge on any atom is 0.327 e. The Bertz CT molecular complexity index is 543. The smallest absolute Gasteiger partial charge is 0.327 e. The molecule has 0 aromatic heterocycles. The molecule has 0 heterocycles. The van der Waals surface area contributed by atoms with Crippen molar-refractivity contribution < 1.29 is 39.3 Å². The number of nitrogens with one attached hydrogen (secondary N) is 2. The average molecular weight is 471 g/mol. The Morgan fingerprint density at radius 3 is 1.47 bits per heavy atom. The van der Waals surface area contributed by atoms with Crippen LogP contribution in [0.1, 0.15) is 33.1 Å². The molecule has 0 saturated heterocycles. The summed E-state index contributed by atoms with van der Waals surface area (Å²) in [6, 6.07) is -2.78. The first-order chi connectivity index (χ1) is 13.9. The SMILES string of the molecule is CC(=O)NC(CSSC[C@H](NC(C)=O)C(=O)O)C(=O)O.NCCCC[C@H](N)C(=O)O. The molecule has 174 valence electrons. The molecule has 0 saturated carbocycles. The maximum atomic E-state index is 10.8. The van der Waals surface area contributed by atoms with Crippen LogP contribution in [0.25, 0.3) is 0 Å². The number of hydrogen-bond acceptors (Lipinski definition) is 9. The van der Waals surface area contributed by atoms with Crippen molar-refractivity contribution in [3.8, 4) is 0 Å². The Morgan fingerprint density at radius 2 is 1.20 bits per heavy atom. The summed E-state index contributed by atoms with van der Waals surface area (Å²) in [6.45, 7) is 3.03. The number of nitrogens with two attached hydrogens (primary N) is 2. The van der Waals surface area contributed by atoms with E-state index in [1.54, 1.807) is 0 Å². The van der Waals surface area contributed by atoms with Crippen LogP contribution < -0.4 is 22.1 Å². The van der Waals surface area contributed by atoms with E-state index in [1.807, 2.05) is 0 Å². The zero-order chi connectivity index (χ0) is 23.7. The molecule has 0 aliphatic carbocycles. The van der Waals surface area contributed by atoms with E-state index in [1.165, 1.54) is 13.8 Å². The lowest BCUT2D eigenvalue weighted by Gasteiger charge is -2.14. The lowest BCUT2D eigenvalue weighted by Crippen LogP contribution is -2.42. The first-order valence-corrected chi connectivity index (χ1v) is 11.3. The van der Waals surface area contributed by atoms with Crippen LogP contribution in [0.2, 0.25) is 0 Å². The number of carbonyl (C=O) groups is 5. The fourth-order valence-corrected chi connectivity index (χ4v) is 4.01. The van der Waals surface area contributed by atoms with Crippen LogP contribution in [-0.2, 0) is 24.0 Å². The number of carboxylic acid groups (broad SMARTS) is 3. The van der Waals surface area contributed by atoms with Crippen LogP contribution >= 0.6 is 21.6 Å². The number of carbonyl (C=O) groups excluding carboxylic acids is 2. The van der Waals surface area contributed by atoms with Crippen molar-refractivity contribution in [2.75, 3.05) is 18.1 Å². The van der Waals surface area contributed by atoms with Gasteiger partial charge in [0.25, 0.3) is 0 Å². The highest BCUT2D eigenvalue weighted by molar-refractivity contribution is 8.76. The molecule has 0 aromatic rings. The summed E-state index contributed by atoms with van der Waals surface area (Å²) in [7, 11) is 2.22. The first kappa shape index (κ1) is 30.2. The second-order valence-corrected chi connectivity index (χ2v) is 8.53. The average Bonchev–Trinajstić information content (AvgIpc) is 2.62.